The number of nitrogens with zero attached hydrogens (tertiary/aromatic N) is 2. The molecule has 0 aromatic heterocycles. The van der Waals surface area contributed by atoms with Crippen molar-refractivity contribution in [1.82, 2.24) is 31.1 Å². The molecule has 8 amide bonds. The van der Waals surface area contributed by atoms with E-state index < -0.39 is 93.8 Å². The fraction of sp³-hybridized carbons (Fsp3) is 0.809. The average molecular weight is 949 g/mol. The number of nitrogens with two attached hydrogens (primary N) is 3. The molecule has 0 bridgehead atoms. The molecule has 2 heterocycles. The van der Waals surface area contributed by atoms with E-state index in [1.807, 2.05) is 62.3 Å². The first-order valence-corrected chi connectivity index (χ1v) is 23.3. The maximum Gasteiger partial charge on any atom is 0.315 e. The second-order valence-electron chi connectivity index (χ2n) is 24.2. The molecule has 10 atom stereocenters. The summed E-state index contributed by atoms with van der Waals surface area (Å²) in [5, 5.41) is 11.1. The third-order valence-electron chi connectivity index (χ3n) is 14.9. The Hall–Kier alpha value is -4.32. The van der Waals surface area contributed by atoms with Crippen LogP contribution in [0.4, 0.5) is 4.79 Å². The Morgan fingerprint density at radius 2 is 0.955 bits per heavy atom. The van der Waals surface area contributed by atoms with E-state index in [1.54, 1.807) is 9.80 Å². The molecule has 4 saturated carbocycles. The molecule has 372 valence electrons. The van der Waals surface area contributed by atoms with E-state index in [1.165, 1.54) is 0 Å². The molecule has 0 radical (unpaired) electrons. The molecular formula is C47H78ClN9O9. The Morgan fingerprint density at radius 3 is 1.26 bits per heavy atom. The third kappa shape index (κ3) is 12.0. The summed E-state index contributed by atoms with van der Waals surface area (Å²) in [6, 6.07) is -5.46. The molecule has 19 heteroatoms. The number of likely N-dealkylation sites (tertiary alicyclic amines) is 2. The summed E-state index contributed by atoms with van der Waals surface area (Å²) in [5.41, 5.74) is 14.9. The van der Waals surface area contributed by atoms with Crippen molar-refractivity contribution in [2.45, 2.75) is 170 Å². The molecular weight excluding hydrogens is 870 g/mol. The van der Waals surface area contributed by atoms with Crippen molar-refractivity contribution in [3.63, 3.8) is 0 Å². The number of Topliss-reactive ketones (excluding diaryl/α,β-unsaturated/α-hetero) is 2. The van der Waals surface area contributed by atoms with Crippen LogP contribution >= 0.6 is 12.4 Å². The lowest BCUT2D eigenvalue weighted by atomic mass is 9.85. The number of carbonyl (C=O) groups excluding carboxylic acids is 9. The predicted molar refractivity (Wildman–Crippen MR) is 249 cm³/mol. The predicted octanol–water partition coefficient (Wildman–Crippen LogP) is 1.93. The number of amides is 8. The smallest absolute Gasteiger partial charge is 0.315 e. The van der Waals surface area contributed by atoms with E-state index in [0.29, 0.717) is 31.8 Å². The largest absolute Gasteiger partial charge is 0.363 e. The second-order valence-corrected chi connectivity index (χ2v) is 24.2. The Balaban J connectivity index is 0.000000290. The molecule has 0 aromatic rings. The SMILES string of the molecule is CC(C)(C)C(N)C(=O)N1C[C@H]2C(C1C(=O)NC(CC1CC1)C(=O)C(N)=O)C2(C)C.CC(C)(C)NC(=O)NC(C(=O)N1C[C@H]2C(C1C(=O)NC(CC1CC1)C(=O)C(N)=O)C2(C)C)C(C)(C)C.Cl. The molecule has 0 spiro atoms. The van der Waals surface area contributed by atoms with Crippen molar-refractivity contribution in [1.29, 1.82) is 0 Å². The lowest BCUT2D eigenvalue weighted by molar-refractivity contribution is -0.145. The van der Waals surface area contributed by atoms with Gasteiger partial charge in [0.2, 0.25) is 35.2 Å². The molecule has 6 fully saturated rings. The zero-order valence-electron chi connectivity index (χ0n) is 41.3. The number of fused-ring (bicyclic) bond motifs is 2. The third-order valence-corrected chi connectivity index (χ3v) is 14.9. The van der Waals surface area contributed by atoms with Crippen LogP contribution in [0.5, 0.6) is 0 Å². The number of piperidine rings is 2. The van der Waals surface area contributed by atoms with Crippen LogP contribution in [0.3, 0.4) is 0 Å². The average Bonchev–Trinajstić information content (AvgIpc) is 4.14. The van der Waals surface area contributed by atoms with Crippen molar-refractivity contribution < 1.29 is 43.2 Å². The highest BCUT2D eigenvalue weighted by molar-refractivity contribution is 6.38. The van der Waals surface area contributed by atoms with E-state index in [0.717, 1.165) is 25.7 Å². The van der Waals surface area contributed by atoms with Crippen LogP contribution in [0.15, 0.2) is 0 Å². The highest BCUT2D eigenvalue weighted by Crippen LogP contribution is 2.66. The lowest BCUT2D eigenvalue weighted by Gasteiger charge is -2.38. The first kappa shape index (κ1) is 54.3. The van der Waals surface area contributed by atoms with Crippen molar-refractivity contribution >= 4 is 65.4 Å². The van der Waals surface area contributed by atoms with Gasteiger partial charge >= 0.3 is 6.03 Å². The minimum absolute atomic E-state index is 0. The van der Waals surface area contributed by atoms with Crippen LogP contribution < -0.4 is 38.5 Å². The van der Waals surface area contributed by atoms with Gasteiger partial charge in [-0.2, -0.15) is 0 Å². The minimum atomic E-state index is -1.08. The van der Waals surface area contributed by atoms with Crippen LogP contribution in [0.25, 0.3) is 0 Å². The molecule has 2 saturated heterocycles. The van der Waals surface area contributed by atoms with Crippen LogP contribution in [-0.4, -0.2) is 118 Å². The Kier molecular flexibility index (Phi) is 15.6. The van der Waals surface area contributed by atoms with Gasteiger partial charge in [0, 0.05) is 18.6 Å². The van der Waals surface area contributed by atoms with Crippen molar-refractivity contribution in [2.75, 3.05) is 13.1 Å². The Morgan fingerprint density at radius 1 is 0.591 bits per heavy atom. The zero-order chi connectivity index (χ0) is 49.3. The summed E-state index contributed by atoms with van der Waals surface area (Å²) in [7, 11) is 0. The summed E-state index contributed by atoms with van der Waals surface area (Å²) in [6.07, 6.45) is 4.62. The molecule has 6 rings (SSSR count). The topological polar surface area (TPSA) is 286 Å². The fourth-order valence-corrected chi connectivity index (χ4v) is 10.2. The minimum Gasteiger partial charge on any atom is -0.363 e. The van der Waals surface area contributed by atoms with Gasteiger partial charge in [0.05, 0.1) is 18.1 Å². The number of carbonyl (C=O) groups is 9. The molecule has 6 aliphatic rings. The number of nitrogens with one attached hydrogen (secondary N) is 4. The molecule has 8 unspecified atom stereocenters. The maximum absolute atomic E-state index is 13.9. The molecule has 18 nitrogen and oxygen atoms in total. The quantitative estimate of drug-likeness (QED) is 0.117. The van der Waals surface area contributed by atoms with Gasteiger partial charge in [-0.15, -0.1) is 12.4 Å². The lowest BCUT2D eigenvalue weighted by Crippen LogP contribution is -2.62. The molecule has 2 aliphatic heterocycles. The van der Waals surface area contributed by atoms with Gasteiger partial charge in [-0.3, -0.25) is 38.4 Å². The van der Waals surface area contributed by atoms with E-state index in [9.17, 15) is 43.2 Å². The van der Waals surface area contributed by atoms with Gasteiger partial charge < -0.3 is 48.3 Å². The Labute approximate surface area is 396 Å². The van der Waals surface area contributed by atoms with E-state index in [-0.39, 0.29) is 64.6 Å². The molecule has 10 N–H and O–H groups in total. The number of hydrogen-bond acceptors (Lipinski definition) is 10. The summed E-state index contributed by atoms with van der Waals surface area (Å²) >= 11 is 0. The van der Waals surface area contributed by atoms with E-state index >= 15 is 0 Å². The number of rotatable bonds is 15. The van der Waals surface area contributed by atoms with E-state index in [4.69, 9.17) is 17.2 Å². The summed E-state index contributed by atoms with van der Waals surface area (Å²) < 4.78 is 0. The normalized spacial score (nSPS) is 27.4. The number of halogens is 1. The molecule has 0 aromatic carbocycles. The number of ketones is 2. The summed E-state index contributed by atoms with van der Waals surface area (Å²) in [5.74, 6) is -4.24. The number of urea groups is 1. The second kappa shape index (κ2) is 19.0. The summed E-state index contributed by atoms with van der Waals surface area (Å²) in [6.45, 7) is 26.0. The number of primary amides is 2. The molecule has 66 heavy (non-hydrogen) atoms. The van der Waals surface area contributed by atoms with Crippen molar-refractivity contribution in [2.24, 2.45) is 74.4 Å². The molecule has 4 aliphatic carbocycles. The zero-order valence-corrected chi connectivity index (χ0v) is 42.1. The van der Waals surface area contributed by atoms with Crippen molar-refractivity contribution in [3.05, 3.63) is 0 Å². The van der Waals surface area contributed by atoms with E-state index in [2.05, 4.69) is 49.0 Å². The van der Waals surface area contributed by atoms with Gasteiger partial charge in [0.1, 0.15) is 18.1 Å². The van der Waals surface area contributed by atoms with Gasteiger partial charge in [-0.1, -0.05) is 94.9 Å². The van der Waals surface area contributed by atoms with Gasteiger partial charge in [0.25, 0.3) is 11.8 Å². The highest BCUT2D eigenvalue weighted by atomic mass is 35.5. The fourth-order valence-electron chi connectivity index (χ4n) is 10.2. The van der Waals surface area contributed by atoms with Crippen LogP contribution in [0.1, 0.15) is 129 Å². The summed E-state index contributed by atoms with van der Waals surface area (Å²) in [4.78, 5) is 117. The monoisotopic (exact) mass is 948 g/mol. The first-order valence-electron chi connectivity index (χ1n) is 23.3. The van der Waals surface area contributed by atoms with Crippen LogP contribution in [0, 0.1) is 57.2 Å². The van der Waals surface area contributed by atoms with Crippen molar-refractivity contribution in [3.8, 4) is 0 Å². The number of hydrogen-bond donors (Lipinski definition) is 7. The Bertz CT molecular complexity index is 1960. The van der Waals surface area contributed by atoms with Crippen LogP contribution in [0.2, 0.25) is 0 Å². The standard InChI is InChI=1S/C26H43N5O5.C21H34N4O4.ClH/c1-24(2,3)19(29-23(36)30-25(4,5)6)22(35)31-12-14-16(26(14,7)8)17(31)21(34)28-15(11-13-9-10-13)18(32)20(27)33;1-20(2,3)16(22)19(29)25-9-11-13(21(11,4)5)14(25)18(28)24-12(8-10-6-7-10)15(26)17(23)27;/h13-17,19H,9-12H2,1-8H3,(H2,27,33)(H,28,34)(H2,29,30,36);10-14,16H,6-9,22H2,1-5H3,(H2,23,27)(H,24,28);1H/t14-,15?,16?,17?,19?;11-,12?,13?,14?,16?;/m00./s1. The first-order chi connectivity index (χ1) is 29.6. The maximum atomic E-state index is 13.9. The van der Waals surface area contributed by atoms with Gasteiger partial charge in [-0.25, -0.2) is 4.79 Å². The van der Waals surface area contributed by atoms with Gasteiger partial charge in [0.15, 0.2) is 0 Å². The van der Waals surface area contributed by atoms with Gasteiger partial charge in [-0.05, 0) is 90.8 Å². The van der Waals surface area contributed by atoms with Crippen LogP contribution in [-0.2, 0) is 38.4 Å². The highest BCUT2D eigenvalue weighted by Gasteiger charge is 2.71.